The van der Waals surface area contributed by atoms with Crippen LogP contribution in [0.1, 0.15) is 31.2 Å². The van der Waals surface area contributed by atoms with Gasteiger partial charge >= 0.3 is 0 Å². The van der Waals surface area contributed by atoms with E-state index in [0.717, 1.165) is 5.69 Å². The number of amides is 1. The molecule has 1 aromatic heterocycles. The number of hydrogen-bond acceptors (Lipinski definition) is 4. The summed E-state index contributed by atoms with van der Waals surface area (Å²) in [7, 11) is 0. The van der Waals surface area contributed by atoms with E-state index in [1.807, 2.05) is 30.3 Å². The quantitative estimate of drug-likeness (QED) is 0.919. The van der Waals surface area contributed by atoms with Gasteiger partial charge in [0.05, 0.1) is 0 Å². The summed E-state index contributed by atoms with van der Waals surface area (Å²) in [6.45, 7) is 4.26. The van der Waals surface area contributed by atoms with Crippen molar-refractivity contribution in [2.24, 2.45) is 0 Å². The molecule has 0 bridgehead atoms. The first-order chi connectivity index (χ1) is 9.58. The van der Waals surface area contributed by atoms with Crippen molar-refractivity contribution in [3.05, 3.63) is 42.0 Å². The van der Waals surface area contributed by atoms with Crippen molar-refractivity contribution in [1.29, 1.82) is 5.26 Å². The average Bonchev–Trinajstić information content (AvgIpc) is 2.86. The lowest BCUT2D eigenvalue weighted by Gasteiger charge is -2.08. The first-order valence-electron chi connectivity index (χ1n) is 6.28. The van der Waals surface area contributed by atoms with Crippen LogP contribution in [0.4, 0.5) is 5.69 Å². The average molecular weight is 269 g/mol. The second-order valence-electron chi connectivity index (χ2n) is 4.70. The Labute approximate surface area is 117 Å². The standard InChI is InChI=1S/C14H15N5O/c1-10(2)11-3-5-12(6-4-11)17-14(20)8-19-9-16-13(7-15)18-19/h3-6,9-10H,8H2,1-2H3,(H,17,20). The number of carbonyl (C=O) groups is 1. The largest absolute Gasteiger partial charge is 0.324 e. The summed E-state index contributed by atoms with van der Waals surface area (Å²) in [4.78, 5) is 15.6. The molecule has 1 heterocycles. The van der Waals surface area contributed by atoms with Crippen molar-refractivity contribution >= 4 is 11.6 Å². The summed E-state index contributed by atoms with van der Waals surface area (Å²) in [6, 6.07) is 9.53. The van der Waals surface area contributed by atoms with Gasteiger partial charge in [0.15, 0.2) is 0 Å². The zero-order valence-electron chi connectivity index (χ0n) is 11.4. The molecule has 0 spiro atoms. The van der Waals surface area contributed by atoms with Crippen molar-refractivity contribution < 1.29 is 4.79 Å². The minimum absolute atomic E-state index is 0.0284. The lowest BCUT2D eigenvalue weighted by Crippen LogP contribution is -2.19. The second kappa shape index (κ2) is 5.97. The van der Waals surface area contributed by atoms with Crippen LogP contribution in [0.5, 0.6) is 0 Å². The maximum atomic E-state index is 11.8. The van der Waals surface area contributed by atoms with E-state index >= 15 is 0 Å². The van der Waals surface area contributed by atoms with Crippen LogP contribution in [-0.4, -0.2) is 20.7 Å². The topological polar surface area (TPSA) is 83.6 Å². The zero-order chi connectivity index (χ0) is 14.5. The maximum absolute atomic E-state index is 11.8. The predicted octanol–water partition coefficient (Wildman–Crippen LogP) is 1.91. The highest BCUT2D eigenvalue weighted by Crippen LogP contribution is 2.17. The number of anilines is 1. The van der Waals surface area contributed by atoms with Crippen LogP contribution in [-0.2, 0) is 11.3 Å². The maximum Gasteiger partial charge on any atom is 0.252 e. The Balaban J connectivity index is 1.96. The van der Waals surface area contributed by atoms with Crippen LogP contribution in [0.25, 0.3) is 0 Å². The summed E-state index contributed by atoms with van der Waals surface area (Å²) in [5.74, 6) is 0.301. The lowest BCUT2D eigenvalue weighted by atomic mass is 10.0. The SMILES string of the molecule is CC(C)c1ccc(NC(=O)Cn2cnc(C#N)n2)cc1. The van der Waals surface area contributed by atoms with Gasteiger partial charge in [-0.05, 0) is 23.6 Å². The number of aromatic nitrogens is 3. The van der Waals surface area contributed by atoms with Crippen LogP contribution in [0.3, 0.4) is 0 Å². The molecule has 0 saturated carbocycles. The van der Waals surface area contributed by atoms with Crippen LogP contribution in [0.15, 0.2) is 30.6 Å². The highest BCUT2D eigenvalue weighted by molar-refractivity contribution is 5.90. The molecular formula is C14H15N5O. The smallest absolute Gasteiger partial charge is 0.252 e. The molecule has 102 valence electrons. The summed E-state index contributed by atoms with van der Waals surface area (Å²) in [6.07, 6.45) is 1.36. The molecule has 1 aromatic carbocycles. The first kappa shape index (κ1) is 13.7. The van der Waals surface area contributed by atoms with E-state index in [1.54, 1.807) is 0 Å². The fourth-order valence-corrected chi connectivity index (χ4v) is 1.72. The van der Waals surface area contributed by atoms with Gasteiger partial charge in [0.1, 0.15) is 18.9 Å². The second-order valence-corrected chi connectivity index (χ2v) is 4.70. The van der Waals surface area contributed by atoms with Crippen LogP contribution >= 0.6 is 0 Å². The van der Waals surface area contributed by atoms with Gasteiger partial charge in [-0.15, -0.1) is 5.10 Å². The predicted molar refractivity (Wildman–Crippen MR) is 73.9 cm³/mol. The molecule has 0 aliphatic rings. The highest BCUT2D eigenvalue weighted by Gasteiger charge is 2.06. The van der Waals surface area contributed by atoms with Gasteiger partial charge in [-0.25, -0.2) is 9.67 Å². The Morgan fingerprint density at radius 2 is 2.10 bits per heavy atom. The Bertz CT molecular complexity index is 636. The van der Waals surface area contributed by atoms with Crippen LogP contribution < -0.4 is 5.32 Å². The summed E-state index contributed by atoms with van der Waals surface area (Å²) < 4.78 is 1.33. The third kappa shape index (κ3) is 3.42. The molecular weight excluding hydrogens is 254 g/mol. The molecule has 20 heavy (non-hydrogen) atoms. The van der Waals surface area contributed by atoms with E-state index in [2.05, 4.69) is 29.2 Å². The first-order valence-corrected chi connectivity index (χ1v) is 6.28. The van der Waals surface area contributed by atoms with Gasteiger partial charge < -0.3 is 5.32 Å². The minimum Gasteiger partial charge on any atom is -0.324 e. The molecule has 2 rings (SSSR count). The molecule has 6 heteroatoms. The molecule has 6 nitrogen and oxygen atoms in total. The van der Waals surface area contributed by atoms with E-state index in [-0.39, 0.29) is 18.3 Å². The Hall–Kier alpha value is -2.68. The van der Waals surface area contributed by atoms with Crippen molar-refractivity contribution in [3.63, 3.8) is 0 Å². The Morgan fingerprint density at radius 1 is 1.40 bits per heavy atom. The number of nitrogens with one attached hydrogen (secondary N) is 1. The van der Waals surface area contributed by atoms with Crippen molar-refractivity contribution in [1.82, 2.24) is 14.8 Å². The lowest BCUT2D eigenvalue weighted by molar-refractivity contribution is -0.116. The molecule has 2 aromatic rings. The van der Waals surface area contributed by atoms with Gasteiger partial charge in [-0.3, -0.25) is 4.79 Å². The molecule has 0 unspecified atom stereocenters. The molecule has 1 N–H and O–H groups in total. The van der Waals surface area contributed by atoms with Crippen LogP contribution in [0.2, 0.25) is 0 Å². The molecule has 0 aliphatic heterocycles. The van der Waals surface area contributed by atoms with Gasteiger partial charge in [0.2, 0.25) is 5.91 Å². The van der Waals surface area contributed by atoms with E-state index in [4.69, 9.17) is 5.26 Å². The Kier molecular flexibility index (Phi) is 4.11. The molecule has 0 atom stereocenters. The minimum atomic E-state index is -0.211. The van der Waals surface area contributed by atoms with Gasteiger partial charge in [0, 0.05) is 5.69 Å². The number of benzene rings is 1. The van der Waals surface area contributed by atoms with Gasteiger partial charge in [0.25, 0.3) is 5.82 Å². The van der Waals surface area contributed by atoms with Crippen LogP contribution in [0, 0.1) is 11.3 Å². The summed E-state index contributed by atoms with van der Waals surface area (Å²) in [5.41, 5.74) is 1.96. The summed E-state index contributed by atoms with van der Waals surface area (Å²) in [5, 5.41) is 15.2. The molecule has 0 saturated heterocycles. The van der Waals surface area contributed by atoms with E-state index in [9.17, 15) is 4.79 Å². The number of carbonyl (C=O) groups excluding carboxylic acids is 1. The zero-order valence-corrected chi connectivity index (χ0v) is 11.4. The van der Waals surface area contributed by atoms with Gasteiger partial charge in [-0.1, -0.05) is 26.0 Å². The molecule has 0 aliphatic carbocycles. The molecule has 0 fully saturated rings. The van der Waals surface area contributed by atoms with Crippen molar-refractivity contribution in [2.45, 2.75) is 26.3 Å². The van der Waals surface area contributed by atoms with E-state index in [1.165, 1.54) is 16.6 Å². The normalized spacial score (nSPS) is 10.3. The Morgan fingerprint density at radius 3 is 2.65 bits per heavy atom. The fourth-order valence-electron chi connectivity index (χ4n) is 1.72. The van der Waals surface area contributed by atoms with Crippen molar-refractivity contribution in [3.8, 4) is 6.07 Å². The number of nitriles is 1. The number of rotatable bonds is 4. The molecule has 0 radical (unpaired) electrons. The number of nitrogens with zero attached hydrogens (tertiary/aromatic N) is 4. The van der Waals surface area contributed by atoms with E-state index < -0.39 is 0 Å². The van der Waals surface area contributed by atoms with Gasteiger partial charge in [-0.2, -0.15) is 5.26 Å². The number of hydrogen-bond donors (Lipinski definition) is 1. The fraction of sp³-hybridized carbons (Fsp3) is 0.286. The third-order valence-electron chi connectivity index (χ3n) is 2.80. The van der Waals surface area contributed by atoms with Crippen molar-refractivity contribution in [2.75, 3.05) is 5.32 Å². The van der Waals surface area contributed by atoms with E-state index in [0.29, 0.717) is 5.92 Å². The molecule has 1 amide bonds. The third-order valence-corrected chi connectivity index (χ3v) is 2.80. The summed E-state index contributed by atoms with van der Waals surface area (Å²) >= 11 is 0. The monoisotopic (exact) mass is 269 g/mol. The highest BCUT2D eigenvalue weighted by atomic mass is 16.2.